The number of anilines is 1. The Labute approximate surface area is 251 Å². The molecule has 8 nitrogen and oxygen atoms in total. The first-order valence-corrected chi connectivity index (χ1v) is 14.4. The fourth-order valence-electron chi connectivity index (χ4n) is 5.71. The molecule has 1 saturated heterocycles. The molecule has 0 saturated carbocycles. The number of hydrogen-bond donors (Lipinski definition) is 0. The van der Waals surface area contributed by atoms with Crippen molar-refractivity contribution in [1.29, 1.82) is 0 Å². The molecular weight excluding hydrogens is 542 g/mol. The minimum Gasteiger partial charge on any atom is -0.496 e. The minimum atomic E-state index is -0.493. The average Bonchev–Trinajstić information content (AvgIpc) is 3.58. The molecule has 43 heavy (non-hydrogen) atoms. The van der Waals surface area contributed by atoms with Crippen molar-refractivity contribution in [3.63, 3.8) is 0 Å². The number of pyridine rings is 1. The van der Waals surface area contributed by atoms with Crippen molar-refractivity contribution in [3.8, 4) is 11.5 Å². The highest BCUT2D eigenvalue weighted by Gasteiger charge is 2.30. The Morgan fingerprint density at radius 2 is 1.51 bits per heavy atom. The van der Waals surface area contributed by atoms with Crippen LogP contribution in [0.15, 0.2) is 102 Å². The standard InChI is InChI=1S/C35H35N3O5/c1-40-30-15-16-31(41-2)33-29(30)22-27(34(36-33)37-17-20-42-21-18-37)23-38(24-28-14-9-19-43-28)35(39)32(25-10-5-3-6-11-25)26-12-7-4-8-13-26/h3-16,19,22,32H,17-18,20-21,23-24H2,1-2H3. The second-order valence-corrected chi connectivity index (χ2v) is 10.5. The Morgan fingerprint density at radius 1 is 0.860 bits per heavy atom. The van der Waals surface area contributed by atoms with Gasteiger partial charge < -0.3 is 28.4 Å². The van der Waals surface area contributed by atoms with Gasteiger partial charge in [0.05, 0.1) is 46.2 Å². The zero-order chi connectivity index (χ0) is 29.6. The molecule has 1 amide bonds. The van der Waals surface area contributed by atoms with Crippen molar-refractivity contribution in [3.05, 3.63) is 120 Å². The van der Waals surface area contributed by atoms with Crippen molar-refractivity contribution in [1.82, 2.24) is 9.88 Å². The lowest BCUT2D eigenvalue weighted by atomic mass is 9.89. The third kappa shape index (κ3) is 6.05. The van der Waals surface area contributed by atoms with Crippen LogP contribution in [0.5, 0.6) is 11.5 Å². The molecule has 1 aliphatic rings. The van der Waals surface area contributed by atoms with E-state index in [1.165, 1.54) is 0 Å². The van der Waals surface area contributed by atoms with Crippen LogP contribution in [0.4, 0.5) is 5.82 Å². The number of carbonyl (C=O) groups is 1. The SMILES string of the molecule is COc1ccc(OC)c2nc(N3CCOCC3)c(CN(Cc3ccco3)C(=O)C(c3ccccc3)c3ccccc3)cc12. The molecule has 220 valence electrons. The Kier molecular flexibility index (Phi) is 8.56. The summed E-state index contributed by atoms with van der Waals surface area (Å²) in [6.45, 7) is 3.21. The van der Waals surface area contributed by atoms with Crippen LogP contribution in [-0.4, -0.2) is 56.3 Å². The van der Waals surface area contributed by atoms with Crippen LogP contribution >= 0.6 is 0 Å². The minimum absolute atomic E-state index is 0.0283. The Hall–Kier alpha value is -4.82. The van der Waals surface area contributed by atoms with Gasteiger partial charge >= 0.3 is 0 Å². The number of morpholine rings is 1. The van der Waals surface area contributed by atoms with Crippen molar-refractivity contribution >= 4 is 22.6 Å². The second-order valence-electron chi connectivity index (χ2n) is 10.5. The highest BCUT2D eigenvalue weighted by molar-refractivity contribution is 5.93. The van der Waals surface area contributed by atoms with Crippen LogP contribution in [0, 0.1) is 0 Å². The summed E-state index contributed by atoms with van der Waals surface area (Å²) in [5.74, 6) is 2.33. The third-order valence-electron chi connectivity index (χ3n) is 7.83. The number of amides is 1. The summed E-state index contributed by atoms with van der Waals surface area (Å²) >= 11 is 0. The largest absolute Gasteiger partial charge is 0.496 e. The van der Waals surface area contributed by atoms with Gasteiger partial charge in [-0.1, -0.05) is 60.7 Å². The lowest BCUT2D eigenvalue weighted by Gasteiger charge is -2.32. The molecule has 2 aromatic heterocycles. The highest BCUT2D eigenvalue weighted by atomic mass is 16.5. The Bertz CT molecular complexity index is 1610. The zero-order valence-electron chi connectivity index (χ0n) is 24.4. The third-order valence-corrected chi connectivity index (χ3v) is 7.83. The lowest BCUT2D eigenvalue weighted by molar-refractivity contribution is -0.133. The molecule has 0 unspecified atom stereocenters. The number of ether oxygens (including phenoxy) is 3. The maximum Gasteiger partial charge on any atom is 0.235 e. The molecule has 3 heterocycles. The molecule has 5 aromatic rings. The summed E-state index contributed by atoms with van der Waals surface area (Å²) < 4.78 is 22.8. The normalized spacial score (nSPS) is 13.3. The number of furan rings is 1. The molecule has 0 bridgehead atoms. The van der Waals surface area contributed by atoms with Gasteiger partial charge in [-0.3, -0.25) is 4.79 Å². The van der Waals surface area contributed by atoms with E-state index in [-0.39, 0.29) is 5.91 Å². The maximum atomic E-state index is 14.7. The first-order chi connectivity index (χ1) is 21.2. The summed E-state index contributed by atoms with van der Waals surface area (Å²) in [6.07, 6.45) is 1.64. The number of hydrogen-bond acceptors (Lipinski definition) is 7. The van der Waals surface area contributed by atoms with Gasteiger partial charge in [0.15, 0.2) is 0 Å². The molecule has 1 aliphatic heterocycles. The number of fused-ring (bicyclic) bond motifs is 1. The Balaban J connectivity index is 1.48. The molecule has 6 rings (SSSR count). The average molecular weight is 578 g/mol. The van der Waals surface area contributed by atoms with E-state index in [2.05, 4.69) is 11.0 Å². The molecule has 0 aliphatic carbocycles. The predicted octanol–water partition coefficient (Wildman–Crippen LogP) is 6.04. The van der Waals surface area contributed by atoms with Gasteiger partial charge in [0.25, 0.3) is 0 Å². The summed E-state index contributed by atoms with van der Waals surface area (Å²) in [7, 11) is 3.29. The van der Waals surface area contributed by atoms with Crippen LogP contribution in [0.1, 0.15) is 28.4 Å². The van der Waals surface area contributed by atoms with Crippen molar-refractivity contribution in [2.75, 3.05) is 45.4 Å². The molecule has 0 radical (unpaired) electrons. The topological polar surface area (TPSA) is 77.3 Å². The molecule has 0 atom stereocenters. The summed E-state index contributed by atoms with van der Waals surface area (Å²) in [5, 5.41) is 0.821. The number of aromatic nitrogens is 1. The number of methoxy groups -OCH3 is 2. The van der Waals surface area contributed by atoms with Gasteiger partial charge in [-0.15, -0.1) is 0 Å². The fraction of sp³-hybridized carbons (Fsp3) is 0.257. The maximum absolute atomic E-state index is 14.7. The molecule has 8 heteroatoms. The first kappa shape index (κ1) is 28.3. The van der Waals surface area contributed by atoms with Gasteiger partial charge in [-0.2, -0.15) is 0 Å². The molecule has 0 N–H and O–H groups in total. The van der Waals surface area contributed by atoms with E-state index in [1.54, 1.807) is 20.5 Å². The molecular formula is C35H35N3O5. The smallest absolute Gasteiger partial charge is 0.235 e. The van der Waals surface area contributed by atoms with E-state index in [1.807, 2.05) is 89.8 Å². The van der Waals surface area contributed by atoms with Crippen molar-refractivity contribution in [2.45, 2.75) is 19.0 Å². The number of rotatable bonds is 10. The zero-order valence-corrected chi connectivity index (χ0v) is 24.4. The first-order valence-electron chi connectivity index (χ1n) is 14.4. The van der Waals surface area contributed by atoms with Gasteiger partial charge in [0, 0.05) is 30.6 Å². The quantitative estimate of drug-likeness (QED) is 0.200. The number of benzene rings is 3. The summed E-state index contributed by atoms with van der Waals surface area (Å²) in [4.78, 5) is 24.0. The van der Waals surface area contributed by atoms with Crippen LogP contribution < -0.4 is 14.4 Å². The predicted molar refractivity (Wildman–Crippen MR) is 166 cm³/mol. The summed E-state index contributed by atoms with van der Waals surface area (Å²) in [6, 6.07) is 29.4. The fourth-order valence-corrected chi connectivity index (χ4v) is 5.71. The monoisotopic (exact) mass is 577 g/mol. The van der Waals surface area contributed by atoms with Gasteiger partial charge in [-0.05, 0) is 41.5 Å². The number of carbonyl (C=O) groups excluding carboxylic acids is 1. The van der Waals surface area contributed by atoms with E-state index < -0.39 is 5.92 Å². The van der Waals surface area contributed by atoms with Crippen LogP contribution in [0.2, 0.25) is 0 Å². The van der Waals surface area contributed by atoms with Crippen LogP contribution in [0.3, 0.4) is 0 Å². The summed E-state index contributed by atoms with van der Waals surface area (Å²) in [5.41, 5.74) is 3.47. The van der Waals surface area contributed by atoms with Gasteiger partial charge in [0.2, 0.25) is 5.91 Å². The second kappa shape index (κ2) is 13.0. The van der Waals surface area contributed by atoms with E-state index in [0.29, 0.717) is 62.2 Å². The van der Waals surface area contributed by atoms with Crippen LogP contribution in [0.25, 0.3) is 10.9 Å². The van der Waals surface area contributed by atoms with E-state index >= 15 is 0 Å². The Morgan fingerprint density at radius 3 is 2.12 bits per heavy atom. The van der Waals surface area contributed by atoms with E-state index in [9.17, 15) is 4.79 Å². The van der Waals surface area contributed by atoms with E-state index in [4.69, 9.17) is 23.6 Å². The molecule has 1 fully saturated rings. The van der Waals surface area contributed by atoms with Crippen molar-refractivity contribution in [2.24, 2.45) is 0 Å². The number of nitrogens with zero attached hydrogens (tertiary/aromatic N) is 3. The highest BCUT2D eigenvalue weighted by Crippen LogP contribution is 2.37. The molecule has 0 spiro atoms. The van der Waals surface area contributed by atoms with E-state index in [0.717, 1.165) is 27.9 Å². The lowest BCUT2D eigenvalue weighted by Crippen LogP contribution is -2.39. The van der Waals surface area contributed by atoms with Gasteiger partial charge in [-0.25, -0.2) is 4.98 Å². The van der Waals surface area contributed by atoms with Gasteiger partial charge in [0.1, 0.15) is 28.6 Å². The van der Waals surface area contributed by atoms with Crippen LogP contribution in [-0.2, 0) is 22.6 Å². The van der Waals surface area contributed by atoms with Crippen molar-refractivity contribution < 1.29 is 23.4 Å². The molecule has 3 aromatic carbocycles.